The summed E-state index contributed by atoms with van der Waals surface area (Å²) in [7, 11) is 0. The van der Waals surface area contributed by atoms with Crippen molar-refractivity contribution in [3.05, 3.63) is 82.9 Å². The topological polar surface area (TPSA) is 73.8 Å². The zero-order valence-corrected chi connectivity index (χ0v) is 15.1. The predicted octanol–water partition coefficient (Wildman–Crippen LogP) is 4.89. The summed E-state index contributed by atoms with van der Waals surface area (Å²) in [6.07, 6.45) is 1.79. The Hall–Kier alpha value is -2.93. The zero-order valence-electron chi connectivity index (χ0n) is 14.3. The predicted molar refractivity (Wildman–Crippen MR) is 103 cm³/mol. The van der Waals surface area contributed by atoms with Crippen molar-refractivity contribution in [2.75, 3.05) is 0 Å². The van der Waals surface area contributed by atoms with Crippen molar-refractivity contribution >= 4 is 17.4 Å². The Morgan fingerprint density at radius 2 is 1.88 bits per heavy atom. The largest absolute Gasteiger partial charge is 0.298 e. The second-order valence-electron chi connectivity index (χ2n) is 5.68. The Morgan fingerprint density at radius 1 is 1.19 bits per heavy atom. The fourth-order valence-corrected chi connectivity index (χ4v) is 3.55. The van der Waals surface area contributed by atoms with Crippen molar-refractivity contribution in [1.82, 2.24) is 14.8 Å². The molecule has 0 saturated heterocycles. The van der Waals surface area contributed by atoms with Crippen LogP contribution in [0, 0.1) is 10.1 Å². The molecule has 6 nitrogen and oxygen atoms in total. The molecule has 1 heterocycles. The molecule has 0 spiro atoms. The molecule has 3 aromatic rings. The summed E-state index contributed by atoms with van der Waals surface area (Å²) in [4.78, 5) is 10.4. The number of nitro groups is 1. The molecule has 0 saturated carbocycles. The average Bonchev–Trinajstić information content (AvgIpc) is 3.05. The van der Waals surface area contributed by atoms with Gasteiger partial charge in [-0.2, -0.15) is 0 Å². The van der Waals surface area contributed by atoms with Crippen molar-refractivity contribution in [2.24, 2.45) is 0 Å². The van der Waals surface area contributed by atoms with Gasteiger partial charge in [-0.3, -0.25) is 14.7 Å². The van der Waals surface area contributed by atoms with Gasteiger partial charge in [0.15, 0.2) is 11.0 Å². The Labute approximate surface area is 155 Å². The average molecular weight is 366 g/mol. The summed E-state index contributed by atoms with van der Waals surface area (Å²) in [6, 6.07) is 16.5. The molecule has 2 aromatic carbocycles. The van der Waals surface area contributed by atoms with Crippen molar-refractivity contribution in [1.29, 1.82) is 0 Å². The summed E-state index contributed by atoms with van der Waals surface area (Å²) >= 11 is 1.62. The first kappa shape index (κ1) is 17.9. The number of rotatable bonds is 7. The summed E-state index contributed by atoms with van der Waals surface area (Å²) < 4.78 is 1.97. The fourth-order valence-electron chi connectivity index (χ4n) is 2.57. The lowest BCUT2D eigenvalue weighted by atomic mass is 10.2. The number of allylic oxidation sites excluding steroid dienone is 1. The summed E-state index contributed by atoms with van der Waals surface area (Å²) in [5.41, 5.74) is 2.04. The Balaban J connectivity index is 1.90. The van der Waals surface area contributed by atoms with E-state index in [2.05, 4.69) is 35.8 Å². The van der Waals surface area contributed by atoms with E-state index in [0.717, 1.165) is 10.7 Å². The number of nitrogens with zero attached hydrogens (tertiary/aromatic N) is 4. The van der Waals surface area contributed by atoms with Crippen LogP contribution >= 0.6 is 11.8 Å². The molecule has 0 aliphatic carbocycles. The lowest BCUT2D eigenvalue weighted by Crippen LogP contribution is -2.01. The molecule has 0 radical (unpaired) electrons. The van der Waals surface area contributed by atoms with E-state index in [1.54, 1.807) is 30.0 Å². The molecule has 0 aliphatic heterocycles. The van der Waals surface area contributed by atoms with Crippen molar-refractivity contribution in [3.8, 4) is 11.4 Å². The van der Waals surface area contributed by atoms with Gasteiger partial charge in [-0.1, -0.05) is 48.2 Å². The Kier molecular flexibility index (Phi) is 5.48. The highest BCUT2D eigenvalue weighted by Gasteiger charge is 2.17. The quantitative estimate of drug-likeness (QED) is 0.257. The second kappa shape index (κ2) is 7.97. The molecule has 0 amide bonds. The highest BCUT2D eigenvalue weighted by atomic mass is 32.2. The summed E-state index contributed by atoms with van der Waals surface area (Å²) in [6.45, 7) is 6.49. The van der Waals surface area contributed by atoms with Crippen LogP contribution in [0.3, 0.4) is 0 Å². The molecule has 1 unspecified atom stereocenters. The van der Waals surface area contributed by atoms with E-state index in [1.807, 2.05) is 22.8 Å². The monoisotopic (exact) mass is 366 g/mol. The first-order chi connectivity index (χ1) is 12.6. The SMILES string of the molecule is C=CCn1c(SC(C)c2ccccc2)nnc1-c1ccc([N+](=O)[O-])cc1. The third-order valence-corrected chi connectivity index (χ3v) is 5.05. The lowest BCUT2D eigenvalue weighted by molar-refractivity contribution is -0.384. The number of nitro benzene ring substituents is 1. The minimum atomic E-state index is -0.416. The Morgan fingerprint density at radius 3 is 2.50 bits per heavy atom. The van der Waals surface area contributed by atoms with E-state index in [4.69, 9.17) is 0 Å². The first-order valence-corrected chi connectivity index (χ1v) is 8.98. The van der Waals surface area contributed by atoms with Crippen LogP contribution in [-0.4, -0.2) is 19.7 Å². The lowest BCUT2D eigenvalue weighted by Gasteiger charge is -2.12. The maximum atomic E-state index is 10.8. The third-order valence-electron chi connectivity index (χ3n) is 3.92. The third kappa shape index (κ3) is 3.83. The van der Waals surface area contributed by atoms with E-state index < -0.39 is 4.92 Å². The van der Waals surface area contributed by atoms with Gasteiger partial charge in [0.25, 0.3) is 5.69 Å². The number of hydrogen-bond acceptors (Lipinski definition) is 5. The molecule has 0 aliphatic rings. The number of aromatic nitrogens is 3. The zero-order chi connectivity index (χ0) is 18.5. The van der Waals surface area contributed by atoms with Gasteiger partial charge < -0.3 is 0 Å². The highest BCUT2D eigenvalue weighted by Crippen LogP contribution is 2.35. The van der Waals surface area contributed by atoms with Crippen LogP contribution in [0.4, 0.5) is 5.69 Å². The highest BCUT2D eigenvalue weighted by molar-refractivity contribution is 7.99. The van der Waals surface area contributed by atoms with Gasteiger partial charge in [-0.15, -0.1) is 16.8 Å². The minimum absolute atomic E-state index is 0.0517. The first-order valence-electron chi connectivity index (χ1n) is 8.10. The van der Waals surface area contributed by atoms with Gasteiger partial charge >= 0.3 is 0 Å². The van der Waals surface area contributed by atoms with Crippen LogP contribution in [0.1, 0.15) is 17.7 Å². The standard InChI is InChI=1S/C19H18N4O2S/c1-3-13-22-18(16-9-11-17(12-10-16)23(24)25)20-21-19(22)26-14(2)15-7-5-4-6-8-15/h3-12,14H,1,13H2,2H3. The molecule has 1 aromatic heterocycles. The van der Waals surface area contributed by atoms with E-state index in [-0.39, 0.29) is 10.9 Å². The fraction of sp³-hybridized carbons (Fsp3) is 0.158. The van der Waals surface area contributed by atoms with Crippen LogP contribution in [0.5, 0.6) is 0 Å². The van der Waals surface area contributed by atoms with Crippen LogP contribution < -0.4 is 0 Å². The molecule has 1 atom stereocenters. The van der Waals surface area contributed by atoms with E-state index >= 15 is 0 Å². The second-order valence-corrected chi connectivity index (χ2v) is 6.99. The van der Waals surface area contributed by atoms with Crippen molar-refractivity contribution in [2.45, 2.75) is 23.9 Å². The molecule has 0 N–H and O–H groups in total. The number of thioether (sulfide) groups is 1. The van der Waals surface area contributed by atoms with Crippen LogP contribution in [0.2, 0.25) is 0 Å². The molecular formula is C19H18N4O2S. The van der Waals surface area contributed by atoms with Gasteiger partial charge in [0, 0.05) is 29.5 Å². The van der Waals surface area contributed by atoms with Gasteiger partial charge in [0.2, 0.25) is 0 Å². The van der Waals surface area contributed by atoms with Crippen LogP contribution in [-0.2, 0) is 6.54 Å². The van der Waals surface area contributed by atoms with Crippen molar-refractivity contribution < 1.29 is 4.92 Å². The van der Waals surface area contributed by atoms with Gasteiger partial charge in [0.05, 0.1) is 4.92 Å². The molecule has 132 valence electrons. The molecule has 7 heteroatoms. The van der Waals surface area contributed by atoms with Gasteiger partial charge in [-0.05, 0) is 24.6 Å². The number of non-ortho nitro benzene ring substituents is 1. The molecule has 0 fully saturated rings. The number of hydrogen-bond donors (Lipinski definition) is 0. The molecular weight excluding hydrogens is 348 g/mol. The Bertz CT molecular complexity index is 907. The maximum Gasteiger partial charge on any atom is 0.269 e. The van der Waals surface area contributed by atoms with Crippen LogP contribution in [0.15, 0.2) is 72.4 Å². The molecule has 26 heavy (non-hydrogen) atoms. The molecule has 3 rings (SSSR count). The number of benzene rings is 2. The van der Waals surface area contributed by atoms with Crippen LogP contribution in [0.25, 0.3) is 11.4 Å². The van der Waals surface area contributed by atoms with Gasteiger partial charge in [0.1, 0.15) is 0 Å². The van der Waals surface area contributed by atoms with Gasteiger partial charge in [-0.25, -0.2) is 0 Å². The minimum Gasteiger partial charge on any atom is -0.298 e. The maximum absolute atomic E-state index is 10.8. The molecule has 0 bridgehead atoms. The summed E-state index contributed by atoms with van der Waals surface area (Å²) in [5.74, 6) is 0.669. The van der Waals surface area contributed by atoms with E-state index in [1.165, 1.54) is 17.7 Å². The normalized spacial score (nSPS) is 11.9. The van der Waals surface area contributed by atoms with Crippen molar-refractivity contribution in [3.63, 3.8) is 0 Å². The summed E-state index contributed by atoms with van der Waals surface area (Å²) in [5, 5.41) is 20.5. The van der Waals surface area contributed by atoms with E-state index in [9.17, 15) is 10.1 Å². The smallest absolute Gasteiger partial charge is 0.269 e. The van der Waals surface area contributed by atoms with E-state index in [0.29, 0.717) is 12.4 Å².